The van der Waals surface area contributed by atoms with Crippen molar-refractivity contribution in [2.75, 3.05) is 11.9 Å². The monoisotopic (exact) mass is 421 g/mol. The number of hydrogen-bond donors (Lipinski definition) is 2. The summed E-state index contributed by atoms with van der Waals surface area (Å²) in [5.74, 6) is -0.761. The molecule has 1 amide bonds. The summed E-state index contributed by atoms with van der Waals surface area (Å²) in [5.41, 5.74) is 5.47. The number of ether oxygens (including phenoxy) is 1. The number of carbonyl (C=O) groups excluding carboxylic acids is 1. The van der Waals surface area contributed by atoms with Gasteiger partial charge in [0.25, 0.3) is 0 Å². The Morgan fingerprint density at radius 1 is 1.07 bits per heavy atom. The van der Waals surface area contributed by atoms with Gasteiger partial charge in [-0.3, -0.25) is 5.32 Å². The molecule has 6 heteroatoms. The van der Waals surface area contributed by atoms with E-state index in [0.29, 0.717) is 17.3 Å². The van der Waals surface area contributed by atoms with E-state index in [1.807, 2.05) is 38.1 Å². The van der Waals surface area contributed by atoms with Crippen LogP contribution < -0.4 is 5.32 Å². The molecule has 154 valence electrons. The lowest BCUT2D eigenvalue weighted by Crippen LogP contribution is -2.18. The van der Waals surface area contributed by atoms with Crippen LogP contribution in [0.3, 0.4) is 0 Å². The molecule has 4 rings (SSSR count). The Morgan fingerprint density at radius 3 is 2.23 bits per heavy atom. The highest BCUT2D eigenvalue weighted by molar-refractivity contribution is 7.15. The van der Waals surface area contributed by atoms with Crippen LogP contribution in [0.4, 0.5) is 9.80 Å². The number of aromatic carboxylic acids is 1. The van der Waals surface area contributed by atoms with Crippen LogP contribution in [-0.2, 0) is 11.2 Å². The van der Waals surface area contributed by atoms with Crippen LogP contribution in [-0.4, -0.2) is 23.8 Å². The van der Waals surface area contributed by atoms with Crippen molar-refractivity contribution in [3.63, 3.8) is 0 Å². The molecule has 0 saturated carbocycles. The maximum absolute atomic E-state index is 12.5. The summed E-state index contributed by atoms with van der Waals surface area (Å²) >= 11 is 1.22. The van der Waals surface area contributed by atoms with Gasteiger partial charge in [0.1, 0.15) is 11.6 Å². The fourth-order valence-corrected chi connectivity index (χ4v) is 4.99. The number of anilines is 1. The van der Waals surface area contributed by atoms with Gasteiger partial charge in [-0.15, -0.1) is 11.3 Å². The first kappa shape index (κ1) is 20.2. The van der Waals surface area contributed by atoms with E-state index in [1.165, 1.54) is 11.3 Å². The highest BCUT2D eigenvalue weighted by Crippen LogP contribution is 2.44. The van der Waals surface area contributed by atoms with Gasteiger partial charge in [-0.25, -0.2) is 9.59 Å². The number of thiophene rings is 1. The number of carbonyl (C=O) groups is 2. The molecule has 1 heterocycles. The Kier molecular flexibility index (Phi) is 5.59. The largest absolute Gasteiger partial charge is 0.478 e. The van der Waals surface area contributed by atoms with Crippen LogP contribution in [0.15, 0.2) is 53.9 Å². The second kappa shape index (κ2) is 8.32. The number of amides is 1. The van der Waals surface area contributed by atoms with Gasteiger partial charge < -0.3 is 9.84 Å². The molecule has 2 aromatic carbocycles. The van der Waals surface area contributed by atoms with Crippen LogP contribution in [0, 0.1) is 5.92 Å². The van der Waals surface area contributed by atoms with E-state index >= 15 is 0 Å². The van der Waals surface area contributed by atoms with Crippen LogP contribution in [0.25, 0.3) is 11.1 Å². The third kappa shape index (κ3) is 3.83. The van der Waals surface area contributed by atoms with Gasteiger partial charge in [-0.05, 0) is 45.5 Å². The summed E-state index contributed by atoms with van der Waals surface area (Å²) in [6, 6.07) is 16.2. The Balaban J connectivity index is 1.49. The van der Waals surface area contributed by atoms with E-state index in [9.17, 15) is 14.7 Å². The smallest absolute Gasteiger partial charge is 0.412 e. The molecule has 0 atom stereocenters. The number of carboxylic acids is 1. The first-order chi connectivity index (χ1) is 14.5. The van der Waals surface area contributed by atoms with Crippen LogP contribution in [0.1, 0.15) is 46.8 Å². The number of benzene rings is 2. The lowest BCUT2D eigenvalue weighted by atomic mass is 9.98. The minimum Gasteiger partial charge on any atom is -0.478 e. The summed E-state index contributed by atoms with van der Waals surface area (Å²) in [6.07, 6.45) is 0.00198. The van der Waals surface area contributed by atoms with Crippen molar-refractivity contribution in [1.82, 2.24) is 0 Å². The highest BCUT2D eigenvalue weighted by atomic mass is 32.1. The first-order valence-corrected chi connectivity index (χ1v) is 10.8. The molecule has 5 nitrogen and oxygen atoms in total. The molecule has 0 fully saturated rings. The predicted molar refractivity (Wildman–Crippen MR) is 119 cm³/mol. The van der Waals surface area contributed by atoms with Gasteiger partial charge in [0.15, 0.2) is 0 Å². The maximum atomic E-state index is 12.5. The minimum atomic E-state index is -1.04. The lowest BCUT2D eigenvalue weighted by molar-refractivity contribution is 0.0697. The van der Waals surface area contributed by atoms with E-state index in [1.54, 1.807) is 5.38 Å². The molecular weight excluding hydrogens is 398 g/mol. The zero-order chi connectivity index (χ0) is 21.3. The summed E-state index contributed by atoms with van der Waals surface area (Å²) in [7, 11) is 0. The number of nitrogens with one attached hydrogen (secondary N) is 1. The summed E-state index contributed by atoms with van der Waals surface area (Å²) < 4.78 is 5.53. The zero-order valence-corrected chi connectivity index (χ0v) is 17.7. The fourth-order valence-electron chi connectivity index (χ4n) is 4.04. The summed E-state index contributed by atoms with van der Waals surface area (Å²) in [5, 5.41) is 14.3. The Bertz CT molecular complexity index is 1060. The van der Waals surface area contributed by atoms with Crippen molar-refractivity contribution < 1.29 is 19.4 Å². The SMILES string of the molecule is CC(C)Cc1csc(NC(=O)OCC2c3ccccc3-c3ccccc32)c1C(=O)O. The average Bonchev–Trinajstić information content (AvgIpc) is 3.25. The number of hydrogen-bond acceptors (Lipinski definition) is 4. The van der Waals surface area contributed by atoms with Crippen molar-refractivity contribution in [3.05, 3.63) is 76.2 Å². The second-order valence-corrected chi connectivity index (χ2v) is 8.70. The molecule has 0 unspecified atom stereocenters. The number of carboxylic acid groups (broad SMARTS) is 1. The van der Waals surface area contributed by atoms with E-state index < -0.39 is 12.1 Å². The van der Waals surface area contributed by atoms with Crippen molar-refractivity contribution in [2.24, 2.45) is 5.92 Å². The van der Waals surface area contributed by atoms with Gasteiger partial charge in [0.05, 0.1) is 5.56 Å². The van der Waals surface area contributed by atoms with Crippen molar-refractivity contribution in [3.8, 4) is 11.1 Å². The molecule has 0 aliphatic heterocycles. The van der Waals surface area contributed by atoms with Gasteiger partial charge in [-0.1, -0.05) is 62.4 Å². The topological polar surface area (TPSA) is 75.6 Å². The number of rotatable bonds is 6. The van der Waals surface area contributed by atoms with E-state index in [-0.39, 0.29) is 18.1 Å². The van der Waals surface area contributed by atoms with Crippen LogP contribution in [0.2, 0.25) is 0 Å². The summed E-state index contributed by atoms with van der Waals surface area (Å²) in [6.45, 7) is 4.25. The van der Waals surface area contributed by atoms with E-state index in [2.05, 4.69) is 29.6 Å². The third-order valence-electron chi connectivity index (χ3n) is 5.27. The molecule has 1 aliphatic carbocycles. The zero-order valence-electron chi connectivity index (χ0n) is 16.8. The molecule has 0 radical (unpaired) electrons. The molecule has 1 aromatic heterocycles. The Hall–Kier alpha value is -3.12. The standard InChI is InChI=1S/C24H23NO4S/c1-14(2)11-15-13-30-22(21(15)23(26)27)25-24(28)29-12-20-18-9-5-3-7-16(18)17-8-4-6-10-19(17)20/h3-10,13-14,20H,11-12H2,1-2H3,(H,25,28)(H,26,27). The molecule has 1 aliphatic rings. The minimum absolute atomic E-state index is 0.0399. The molecule has 3 aromatic rings. The van der Waals surface area contributed by atoms with Crippen molar-refractivity contribution in [1.29, 1.82) is 0 Å². The molecule has 0 spiro atoms. The Labute approximate surface area is 179 Å². The van der Waals surface area contributed by atoms with Crippen molar-refractivity contribution >= 4 is 28.4 Å². The summed E-state index contributed by atoms with van der Waals surface area (Å²) in [4.78, 5) is 24.2. The van der Waals surface area contributed by atoms with Crippen LogP contribution >= 0.6 is 11.3 Å². The van der Waals surface area contributed by atoms with Crippen LogP contribution in [0.5, 0.6) is 0 Å². The molecular formula is C24H23NO4S. The molecule has 0 bridgehead atoms. The van der Waals surface area contributed by atoms with E-state index in [0.717, 1.165) is 27.8 Å². The lowest BCUT2D eigenvalue weighted by Gasteiger charge is -2.14. The quantitative estimate of drug-likeness (QED) is 0.511. The average molecular weight is 422 g/mol. The van der Waals surface area contributed by atoms with E-state index in [4.69, 9.17) is 4.74 Å². The number of fused-ring (bicyclic) bond motifs is 3. The molecule has 2 N–H and O–H groups in total. The second-order valence-electron chi connectivity index (χ2n) is 7.82. The first-order valence-electron chi connectivity index (χ1n) is 9.91. The van der Waals surface area contributed by atoms with Gasteiger partial charge in [0.2, 0.25) is 0 Å². The Morgan fingerprint density at radius 2 is 1.67 bits per heavy atom. The predicted octanol–water partition coefficient (Wildman–Crippen LogP) is 6.01. The normalized spacial score (nSPS) is 12.5. The van der Waals surface area contributed by atoms with Gasteiger partial charge in [-0.2, -0.15) is 0 Å². The van der Waals surface area contributed by atoms with Gasteiger partial charge in [0, 0.05) is 5.92 Å². The third-order valence-corrected chi connectivity index (χ3v) is 6.21. The van der Waals surface area contributed by atoms with Crippen molar-refractivity contribution in [2.45, 2.75) is 26.2 Å². The molecule has 30 heavy (non-hydrogen) atoms. The molecule has 0 saturated heterocycles. The maximum Gasteiger partial charge on any atom is 0.412 e. The highest BCUT2D eigenvalue weighted by Gasteiger charge is 2.29. The van der Waals surface area contributed by atoms with Gasteiger partial charge >= 0.3 is 12.1 Å². The fraction of sp³-hybridized carbons (Fsp3) is 0.250.